The first kappa shape index (κ1) is 36.2. The molecular weight excluding hydrogens is 540 g/mol. The molecule has 1 saturated heterocycles. The summed E-state index contributed by atoms with van der Waals surface area (Å²) < 4.78 is 34.4. The van der Waals surface area contributed by atoms with Crippen LogP contribution in [-0.2, 0) is 38.0 Å². The Morgan fingerprint density at radius 3 is 2.52 bits per heavy atom. The van der Waals surface area contributed by atoms with Crippen molar-refractivity contribution in [2.45, 2.75) is 128 Å². The molecule has 0 aromatic heterocycles. The zero-order chi connectivity index (χ0) is 31.7. The number of epoxide rings is 1. The van der Waals surface area contributed by atoms with Crippen LogP contribution in [-0.4, -0.2) is 86.2 Å². The molecule has 0 spiro atoms. The fourth-order valence-electron chi connectivity index (χ4n) is 5.68. The number of hydrogen-bond acceptors (Lipinski definition) is 9. The summed E-state index contributed by atoms with van der Waals surface area (Å²) in [5.41, 5.74) is -1.05. The summed E-state index contributed by atoms with van der Waals surface area (Å²) in [6.07, 6.45) is 10.2. The lowest BCUT2D eigenvalue weighted by molar-refractivity contribution is -0.157. The molecule has 0 aromatic rings. The highest BCUT2D eigenvalue weighted by atomic mass is 16.6. The van der Waals surface area contributed by atoms with Gasteiger partial charge in [-0.1, -0.05) is 45.1 Å². The third-order valence-electron chi connectivity index (χ3n) is 8.69. The van der Waals surface area contributed by atoms with Crippen molar-refractivity contribution in [3.8, 4) is 0 Å². The molecule has 1 fully saturated rings. The van der Waals surface area contributed by atoms with E-state index in [0.29, 0.717) is 18.8 Å². The van der Waals surface area contributed by atoms with Crippen LogP contribution in [0.25, 0.3) is 0 Å². The zero-order valence-electron chi connectivity index (χ0n) is 27.3. The largest absolute Gasteiger partial charge is 0.457 e. The maximum Gasteiger partial charge on any atom is 0.309 e. The van der Waals surface area contributed by atoms with Crippen molar-refractivity contribution in [3.05, 3.63) is 36.0 Å². The van der Waals surface area contributed by atoms with Crippen LogP contribution in [0.15, 0.2) is 36.0 Å². The standard InChI is InChI=1S/C33H54O9/c1-11-26(38-9)23(4)31-27(41-31)20-32(6,39-10)17-12-13-21(2)30-22(3)14-15-28(40-24(5)34)33(7,36)18-16-25(37-8)19-29(35)42-30/h12-15,17,22-23,25-28,30-31,36H,11,16,18-20H2,1-10H3/b15-14+,17-12+,21-13+/t22-,23+,25+,26-,27+,28-,30+,31+,32-,33+/m0/s1. The molecule has 2 aliphatic rings. The first-order valence-corrected chi connectivity index (χ1v) is 15.1. The van der Waals surface area contributed by atoms with Gasteiger partial charge in [0, 0.05) is 46.5 Å². The topological polar surface area (TPSA) is 113 Å². The molecule has 0 bridgehead atoms. The second kappa shape index (κ2) is 16.1. The van der Waals surface area contributed by atoms with Crippen LogP contribution in [0.5, 0.6) is 0 Å². The Morgan fingerprint density at radius 2 is 1.95 bits per heavy atom. The van der Waals surface area contributed by atoms with Gasteiger partial charge in [-0.3, -0.25) is 9.59 Å². The van der Waals surface area contributed by atoms with Crippen molar-refractivity contribution in [3.63, 3.8) is 0 Å². The van der Waals surface area contributed by atoms with E-state index in [-0.39, 0.29) is 43.0 Å². The Balaban J connectivity index is 2.24. The Hall–Kier alpha value is -2.04. The number of esters is 2. The number of rotatable bonds is 12. The Bertz CT molecular complexity index is 967. The number of hydrogen-bond donors (Lipinski definition) is 1. The molecule has 0 aromatic carbocycles. The molecule has 2 heterocycles. The smallest absolute Gasteiger partial charge is 0.309 e. The first-order chi connectivity index (χ1) is 19.7. The second-order valence-electron chi connectivity index (χ2n) is 12.3. The van der Waals surface area contributed by atoms with E-state index in [1.54, 1.807) is 27.2 Å². The fourth-order valence-corrected chi connectivity index (χ4v) is 5.68. The van der Waals surface area contributed by atoms with Gasteiger partial charge >= 0.3 is 11.9 Å². The summed E-state index contributed by atoms with van der Waals surface area (Å²) in [4.78, 5) is 24.7. The van der Waals surface area contributed by atoms with Gasteiger partial charge in [0.15, 0.2) is 0 Å². The number of aliphatic hydroxyl groups is 1. The van der Waals surface area contributed by atoms with Gasteiger partial charge in [0.05, 0.1) is 36.4 Å². The molecule has 2 rings (SSSR count). The predicted molar refractivity (Wildman–Crippen MR) is 161 cm³/mol. The highest BCUT2D eigenvalue weighted by Crippen LogP contribution is 2.39. The van der Waals surface area contributed by atoms with Crippen molar-refractivity contribution in [2.24, 2.45) is 11.8 Å². The zero-order valence-corrected chi connectivity index (χ0v) is 27.3. The van der Waals surface area contributed by atoms with Gasteiger partial charge in [-0.2, -0.15) is 0 Å². The van der Waals surface area contributed by atoms with Crippen LogP contribution >= 0.6 is 0 Å². The lowest BCUT2D eigenvalue weighted by atomic mass is 9.88. The van der Waals surface area contributed by atoms with E-state index < -0.39 is 35.5 Å². The van der Waals surface area contributed by atoms with Crippen LogP contribution in [0.3, 0.4) is 0 Å². The summed E-state index contributed by atoms with van der Waals surface area (Å²) >= 11 is 0. The third kappa shape index (κ3) is 10.6. The molecule has 0 radical (unpaired) electrons. The molecular formula is C33H54O9. The minimum absolute atomic E-state index is 0.0472. The number of ether oxygens (including phenoxy) is 6. The average molecular weight is 595 g/mol. The molecule has 10 atom stereocenters. The van der Waals surface area contributed by atoms with Gasteiger partial charge in [-0.05, 0) is 51.7 Å². The van der Waals surface area contributed by atoms with Crippen molar-refractivity contribution in [1.82, 2.24) is 0 Å². The highest BCUT2D eigenvalue weighted by Gasteiger charge is 2.48. The SMILES string of the molecule is CC[C@H](OC)[C@@H](C)[C@H]1O[C@@H]1C[C@](C)(/C=C/C=C(\C)[C@H]1OC(=O)C[C@H](OC)CC[C@@](C)(O)[C@@H](OC(C)=O)/C=C/[C@@H]1C)OC. The molecule has 42 heavy (non-hydrogen) atoms. The molecule has 240 valence electrons. The van der Waals surface area contributed by atoms with Crippen LogP contribution < -0.4 is 0 Å². The van der Waals surface area contributed by atoms with Gasteiger partial charge in [0.25, 0.3) is 0 Å². The molecule has 1 N–H and O–H groups in total. The maximum absolute atomic E-state index is 12.9. The third-order valence-corrected chi connectivity index (χ3v) is 8.69. The Morgan fingerprint density at radius 1 is 1.26 bits per heavy atom. The van der Waals surface area contributed by atoms with Gasteiger partial charge in [0.2, 0.25) is 0 Å². The number of methoxy groups -OCH3 is 3. The number of carbonyl (C=O) groups is 2. The molecule has 0 amide bonds. The molecule has 0 unspecified atom stereocenters. The minimum Gasteiger partial charge on any atom is -0.457 e. The van der Waals surface area contributed by atoms with E-state index in [0.717, 1.165) is 12.0 Å². The Labute approximate surface area is 252 Å². The normalized spacial score (nSPS) is 34.8. The van der Waals surface area contributed by atoms with Crippen molar-refractivity contribution in [2.75, 3.05) is 21.3 Å². The second-order valence-corrected chi connectivity index (χ2v) is 12.3. The molecule has 2 aliphatic heterocycles. The van der Waals surface area contributed by atoms with E-state index >= 15 is 0 Å². The summed E-state index contributed by atoms with van der Waals surface area (Å²) in [6.45, 7) is 13.1. The average Bonchev–Trinajstić information content (AvgIpc) is 3.70. The fraction of sp³-hybridized carbons (Fsp3) is 0.758. The van der Waals surface area contributed by atoms with Gasteiger partial charge in [-0.25, -0.2) is 0 Å². The van der Waals surface area contributed by atoms with E-state index in [4.69, 9.17) is 28.4 Å². The number of cyclic esters (lactones) is 1. The summed E-state index contributed by atoms with van der Waals surface area (Å²) in [7, 11) is 4.96. The van der Waals surface area contributed by atoms with Crippen LogP contribution in [0.2, 0.25) is 0 Å². The van der Waals surface area contributed by atoms with Crippen molar-refractivity contribution >= 4 is 11.9 Å². The van der Waals surface area contributed by atoms with Crippen molar-refractivity contribution < 1.29 is 43.1 Å². The van der Waals surface area contributed by atoms with E-state index in [1.807, 2.05) is 45.1 Å². The molecule has 0 saturated carbocycles. The Kier molecular flexibility index (Phi) is 13.9. The van der Waals surface area contributed by atoms with E-state index in [2.05, 4.69) is 13.8 Å². The molecule has 9 nitrogen and oxygen atoms in total. The molecule has 9 heteroatoms. The van der Waals surface area contributed by atoms with Gasteiger partial charge in [0.1, 0.15) is 17.8 Å². The summed E-state index contributed by atoms with van der Waals surface area (Å²) in [5.74, 6) is -0.838. The molecule has 0 aliphatic carbocycles. The van der Waals surface area contributed by atoms with E-state index in [1.165, 1.54) is 14.0 Å². The van der Waals surface area contributed by atoms with Crippen LogP contribution in [0.4, 0.5) is 0 Å². The first-order valence-electron chi connectivity index (χ1n) is 15.1. The quantitative estimate of drug-likeness (QED) is 0.143. The summed E-state index contributed by atoms with van der Waals surface area (Å²) in [6, 6.07) is 0. The van der Waals surface area contributed by atoms with Crippen LogP contribution in [0, 0.1) is 11.8 Å². The van der Waals surface area contributed by atoms with Crippen molar-refractivity contribution in [1.29, 1.82) is 0 Å². The highest BCUT2D eigenvalue weighted by molar-refractivity contribution is 5.70. The predicted octanol–water partition coefficient (Wildman–Crippen LogP) is 5.10. The maximum atomic E-state index is 12.9. The monoisotopic (exact) mass is 594 g/mol. The summed E-state index contributed by atoms with van der Waals surface area (Å²) in [5, 5.41) is 11.1. The van der Waals surface area contributed by atoms with E-state index in [9.17, 15) is 14.7 Å². The number of carbonyl (C=O) groups excluding carboxylic acids is 2. The van der Waals surface area contributed by atoms with Crippen LogP contribution in [0.1, 0.15) is 80.6 Å². The van der Waals surface area contributed by atoms with Gasteiger partial charge < -0.3 is 33.5 Å². The van der Waals surface area contributed by atoms with Gasteiger partial charge in [-0.15, -0.1) is 0 Å². The lowest BCUT2D eigenvalue weighted by Crippen LogP contribution is -2.42. The lowest BCUT2D eigenvalue weighted by Gasteiger charge is -2.33. The minimum atomic E-state index is -1.33. The number of allylic oxidation sites excluding steroid dienone is 2.